The van der Waals surface area contributed by atoms with Gasteiger partial charge in [0.15, 0.2) is 0 Å². The van der Waals surface area contributed by atoms with E-state index in [2.05, 4.69) is 207 Å². The van der Waals surface area contributed by atoms with Gasteiger partial charge in [0, 0.05) is 39.5 Å². The lowest BCUT2D eigenvalue weighted by atomic mass is 9.70. The number of anilines is 6. The van der Waals surface area contributed by atoms with Gasteiger partial charge in [-0.1, -0.05) is 184 Å². The van der Waals surface area contributed by atoms with Gasteiger partial charge in [-0.15, -0.1) is 0 Å². The van der Waals surface area contributed by atoms with Crippen LogP contribution < -0.4 is 9.80 Å². The van der Waals surface area contributed by atoms with Crippen molar-refractivity contribution in [2.24, 2.45) is 0 Å². The van der Waals surface area contributed by atoms with E-state index < -0.39 is 5.41 Å². The summed E-state index contributed by atoms with van der Waals surface area (Å²) in [5, 5.41) is 0. The van der Waals surface area contributed by atoms with E-state index in [0.29, 0.717) is 11.1 Å². The molecular weight excluding hydrogens is 797 g/mol. The summed E-state index contributed by atoms with van der Waals surface area (Å²) in [6.07, 6.45) is 0. The van der Waals surface area contributed by atoms with Crippen molar-refractivity contribution in [3.63, 3.8) is 0 Å². The predicted molar refractivity (Wildman–Crippen MR) is 275 cm³/mol. The summed E-state index contributed by atoms with van der Waals surface area (Å²) >= 11 is 0. The molecule has 1 spiro atoms. The molecule has 0 bridgehead atoms. The second-order valence-electron chi connectivity index (χ2n) is 18.1. The number of hydrogen-bond acceptors (Lipinski definition) is 2. The van der Waals surface area contributed by atoms with Crippen LogP contribution in [0.4, 0.5) is 34.1 Å². The molecule has 3 aliphatic carbocycles. The molecule has 0 fully saturated rings. The molecule has 0 saturated carbocycles. The van der Waals surface area contributed by atoms with Gasteiger partial charge in [-0.25, -0.2) is 0 Å². The van der Waals surface area contributed by atoms with Gasteiger partial charge >= 0.3 is 0 Å². The smallest absolute Gasteiger partial charge is 0.0727 e. The van der Waals surface area contributed by atoms with Gasteiger partial charge in [0.05, 0.1) is 10.9 Å². The second kappa shape index (κ2) is 14.7. The third kappa shape index (κ3) is 5.55. The number of benzene rings is 10. The molecule has 0 saturated heterocycles. The molecule has 0 heterocycles. The Morgan fingerprint density at radius 1 is 0.318 bits per heavy atom. The van der Waals surface area contributed by atoms with Crippen LogP contribution in [-0.4, -0.2) is 0 Å². The van der Waals surface area contributed by atoms with Gasteiger partial charge in [0.25, 0.3) is 0 Å². The average molecular weight is 847 g/mol. The van der Waals surface area contributed by atoms with Crippen LogP contribution in [0.5, 0.6) is 0 Å². The van der Waals surface area contributed by atoms with Crippen molar-refractivity contribution in [3.8, 4) is 44.5 Å². The van der Waals surface area contributed by atoms with E-state index in [1.54, 1.807) is 0 Å². The molecule has 0 amide bonds. The molecule has 0 radical (unpaired) electrons. The highest BCUT2D eigenvalue weighted by atomic mass is 15.1. The Bertz CT molecular complexity index is 3700. The van der Waals surface area contributed by atoms with Crippen LogP contribution >= 0.6 is 0 Å². The van der Waals surface area contributed by atoms with Crippen molar-refractivity contribution < 1.29 is 5.48 Å². The monoisotopic (exact) mass is 846 g/mol. The standard InChI is InChI=1S/C64H46N2/c1-63(2)57-30-15-12-27-51(57)54-36-33-48(40-60(54)63)66(47-26-18-21-44(39-47)43-19-6-3-7-20-43)50-35-38-56-53-29-14-17-32-59(53)64(62(56)42-50)58-31-16-13-28-52(58)55-37-34-49(41-61(55)64)65(45-22-8-4-9-23-45)46-24-10-5-11-25-46/h3-42H,1-2H3/i18D,21D,26D,39D. The van der Waals surface area contributed by atoms with Crippen molar-refractivity contribution >= 4 is 34.1 Å². The first-order chi connectivity index (χ1) is 34.2. The van der Waals surface area contributed by atoms with E-state index in [-0.39, 0.29) is 35.3 Å². The van der Waals surface area contributed by atoms with E-state index in [4.69, 9.17) is 0 Å². The van der Waals surface area contributed by atoms with Crippen LogP contribution in [0.15, 0.2) is 243 Å². The lowest BCUT2D eigenvalue weighted by Crippen LogP contribution is -2.26. The molecule has 3 aliphatic rings. The van der Waals surface area contributed by atoms with Crippen molar-refractivity contribution in [1.82, 2.24) is 0 Å². The fourth-order valence-electron chi connectivity index (χ4n) is 11.4. The summed E-state index contributed by atoms with van der Waals surface area (Å²) in [4.78, 5) is 4.35. The van der Waals surface area contributed by atoms with Crippen LogP contribution in [0.25, 0.3) is 44.5 Å². The van der Waals surface area contributed by atoms with E-state index >= 15 is 0 Å². The molecule has 312 valence electrons. The van der Waals surface area contributed by atoms with Crippen LogP contribution in [0, 0.1) is 0 Å². The van der Waals surface area contributed by atoms with E-state index in [0.717, 1.165) is 56.3 Å². The summed E-state index contributed by atoms with van der Waals surface area (Å²) in [6.45, 7) is 4.52. The molecule has 0 aromatic heterocycles. The normalized spacial score (nSPS) is 16.2. The molecule has 1 atom stereocenters. The third-order valence-electron chi connectivity index (χ3n) is 14.3. The highest BCUT2D eigenvalue weighted by Gasteiger charge is 2.52. The summed E-state index contributed by atoms with van der Waals surface area (Å²) < 4.78 is 38.4. The van der Waals surface area contributed by atoms with Crippen LogP contribution in [0.2, 0.25) is 0 Å². The minimum atomic E-state index is -0.745. The first-order valence-corrected chi connectivity index (χ1v) is 22.8. The molecule has 13 rings (SSSR count). The summed E-state index contributed by atoms with van der Waals surface area (Å²) in [6, 6.07) is 76.3. The molecule has 66 heavy (non-hydrogen) atoms. The SMILES string of the molecule is [2H]c1c([2H])c(-c2ccccc2)c([2H])c(N(c2ccc3c(c2)C(C)(C)c2ccccc2-3)c2ccc3c(c2)C2(c4ccccc4-c4ccc(N(c5ccccc5)c5ccccc5)cc42)c2ccccc2-3)c1[2H]. The van der Waals surface area contributed by atoms with Gasteiger partial charge in [-0.05, 0) is 151 Å². The highest BCUT2D eigenvalue weighted by molar-refractivity contribution is 5.98. The van der Waals surface area contributed by atoms with Gasteiger partial charge < -0.3 is 9.80 Å². The van der Waals surface area contributed by atoms with Crippen molar-refractivity contribution in [1.29, 1.82) is 0 Å². The zero-order valence-corrected chi connectivity index (χ0v) is 36.7. The minimum absolute atomic E-state index is 0.0295. The van der Waals surface area contributed by atoms with Crippen LogP contribution in [-0.2, 0) is 10.8 Å². The van der Waals surface area contributed by atoms with Crippen LogP contribution in [0.3, 0.4) is 0 Å². The zero-order chi connectivity index (χ0) is 47.5. The molecule has 0 aliphatic heterocycles. The van der Waals surface area contributed by atoms with Crippen molar-refractivity contribution in [2.45, 2.75) is 24.7 Å². The van der Waals surface area contributed by atoms with Gasteiger partial charge in [0.1, 0.15) is 0 Å². The first kappa shape index (κ1) is 34.2. The maximum absolute atomic E-state index is 10.1. The zero-order valence-electron chi connectivity index (χ0n) is 40.7. The molecular formula is C64H46N2. The first-order valence-electron chi connectivity index (χ1n) is 24.8. The van der Waals surface area contributed by atoms with Gasteiger partial charge in [0.2, 0.25) is 0 Å². The maximum atomic E-state index is 10.1. The lowest BCUT2D eigenvalue weighted by Gasteiger charge is -2.33. The second-order valence-corrected chi connectivity index (χ2v) is 18.1. The largest absolute Gasteiger partial charge is 0.310 e. The van der Waals surface area contributed by atoms with E-state index in [1.165, 1.54) is 38.9 Å². The molecule has 10 aromatic rings. The molecule has 1 unspecified atom stereocenters. The predicted octanol–water partition coefficient (Wildman–Crippen LogP) is 16.9. The molecule has 2 nitrogen and oxygen atoms in total. The third-order valence-corrected chi connectivity index (χ3v) is 14.3. The summed E-state index contributed by atoms with van der Waals surface area (Å²) in [5.74, 6) is 0. The van der Waals surface area contributed by atoms with Crippen LogP contribution in [0.1, 0.15) is 52.7 Å². The van der Waals surface area contributed by atoms with Crippen molar-refractivity contribution in [2.75, 3.05) is 9.80 Å². The van der Waals surface area contributed by atoms with Gasteiger partial charge in [-0.2, -0.15) is 0 Å². The molecule has 0 N–H and O–H groups in total. The molecule has 10 aromatic carbocycles. The Morgan fingerprint density at radius 2 is 0.712 bits per heavy atom. The Balaban J connectivity index is 1.10. The highest BCUT2D eigenvalue weighted by Crippen LogP contribution is 2.64. The van der Waals surface area contributed by atoms with E-state index in [1.807, 2.05) is 35.2 Å². The topological polar surface area (TPSA) is 6.48 Å². The quantitative estimate of drug-likeness (QED) is 0.158. The Kier molecular flexibility index (Phi) is 7.61. The van der Waals surface area contributed by atoms with Gasteiger partial charge in [-0.3, -0.25) is 0 Å². The number of nitrogens with zero attached hydrogens (tertiary/aromatic N) is 2. The minimum Gasteiger partial charge on any atom is -0.310 e. The van der Waals surface area contributed by atoms with E-state index in [9.17, 15) is 5.48 Å². The Hall–Kier alpha value is -8.20. The Morgan fingerprint density at radius 3 is 1.24 bits per heavy atom. The lowest BCUT2D eigenvalue weighted by molar-refractivity contribution is 0.660. The molecule has 2 heteroatoms. The fraction of sp³-hybridized carbons (Fsp3) is 0.0625. The number of para-hydroxylation sites is 2. The summed E-state index contributed by atoms with van der Waals surface area (Å²) in [7, 11) is 0. The number of hydrogen-bond donors (Lipinski definition) is 0. The maximum Gasteiger partial charge on any atom is 0.0727 e. The number of rotatable bonds is 7. The van der Waals surface area contributed by atoms with Crippen molar-refractivity contribution in [3.05, 3.63) is 276 Å². The fourth-order valence-corrected chi connectivity index (χ4v) is 11.4. The average Bonchev–Trinajstić information content (AvgIpc) is 3.95. The Labute approximate surface area is 393 Å². The number of fused-ring (bicyclic) bond motifs is 13. The summed E-state index contributed by atoms with van der Waals surface area (Å²) in [5.41, 5.74) is 18.9.